The van der Waals surface area contributed by atoms with Crippen LogP contribution in [0.15, 0.2) is 0 Å². The van der Waals surface area contributed by atoms with Crippen LogP contribution in [0.5, 0.6) is 0 Å². The third kappa shape index (κ3) is 2.62. The molecule has 5 heteroatoms. The number of aliphatic carboxylic acids is 1. The number of hydrogen-bond donors (Lipinski definition) is 1. The Morgan fingerprint density at radius 3 is 2.38 bits per heavy atom. The van der Waals surface area contributed by atoms with Gasteiger partial charge < -0.3 is 10.0 Å². The SMILES string of the molecule is CC(C(=O)O)C(=O)N1CCSCC1. The first-order valence-corrected chi connectivity index (χ1v) is 5.37. The van der Waals surface area contributed by atoms with E-state index < -0.39 is 11.9 Å². The molecule has 0 aromatic heterocycles. The number of thioether (sulfide) groups is 1. The summed E-state index contributed by atoms with van der Waals surface area (Å²) in [6, 6.07) is 0. The zero-order valence-electron chi connectivity index (χ0n) is 7.52. The van der Waals surface area contributed by atoms with Gasteiger partial charge in [0.1, 0.15) is 5.92 Å². The summed E-state index contributed by atoms with van der Waals surface area (Å²) >= 11 is 1.79. The van der Waals surface area contributed by atoms with Crippen molar-refractivity contribution in [3.63, 3.8) is 0 Å². The molecule has 1 atom stereocenters. The van der Waals surface area contributed by atoms with Gasteiger partial charge in [0, 0.05) is 24.6 Å². The molecule has 74 valence electrons. The second kappa shape index (κ2) is 4.50. The van der Waals surface area contributed by atoms with Crippen molar-refractivity contribution in [1.82, 2.24) is 4.90 Å². The van der Waals surface area contributed by atoms with Crippen molar-refractivity contribution in [3.8, 4) is 0 Å². The summed E-state index contributed by atoms with van der Waals surface area (Å²) < 4.78 is 0. The summed E-state index contributed by atoms with van der Waals surface area (Å²) in [4.78, 5) is 23.6. The Kier molecular flexibility index (Phi) is 3.59. The first-order chi connectivity index (χ1) is 6.13. The van der Waals surface area contributed by atoms with E-state index in [1.165, 1.54) is 6.92 Å². The summed E-state index contributed by atoms with van der Waals surface area (Å²) in [5.74, 6) is -0.366. The largest absolute Gasteiger partial charge is 0.481 e. The normalized spacial score (nSPS) is 19.6. The summed E-state index contributed by atoms with van der Waals surface area (Å²) in [5, 5.41) is 8.63. The number of rotatable bonds is 2. The van der Waals surface area contributed by atoms with Crippen molar-refractivity contribution >= 4 is 23.6 Å². The van der Waals surface area contributed by atoms with Crippen LogP contribution in [0.4, 0.5) is 0 Å². The molecule has 0 bridgehead atoms. The fraction of sp³-hybridized carbons (Fsp3) is 0.750. The zero-order chi connectivity index (χ0) is 9.84. The Bertz CT molecular complexity index is 213. The van der Waals surface area contributed by atoms with Gasteiger partial charge in [0.25, 0.3) is 0 Å². The second-order valence-corrected chi connectivity index (χ2v) is 4.22. The van der Waals surface area contributed by atoms with E-state index in [4.69, 9.17) is 5.11 Å². The number of nitrogens with zero attached hydrogens (tertiary/aromatic N) is 1. The molecule has 1 heterocycles. The zero-order valence-corrected chi connectivity index (χ0v) is 8.34. The molecule has 0 aliphatic carbocycles. The van der Waals surface area contributed by atoms with Crippen molar-refractivity contribution in [2.45, 2.75) is 6.92 Å². The van der Waals surface area contributed by atoms with Gasteiger partial charge in [0.15, 0.2) is 0 Å². The van der Waals surface area contributed by atoms with Gasteiger partial charge >= 0.3 is 5.97 Å². The van der Waals surface area contributed by atoms with Crippen LogP contribution < -0.4 is 0 Å². The van der Waals surface area contributed by atoms with Crippen molar-refractivity contribution in [2.75, 3.05) is 24.6 Å². The van der Waals surface area contributed by atoms with Gasteiger partial charge in [0.2, 0.25) is 5.91 Å². The summed E-state index contributed by atoms with van der Waals surface area (Å²) in [6.07, 6.45) is 0. The Balaban J connectivity index is 2.50. The number of carbonyl (C=O) groups is 2. The van der Waals surface area contributed by atoms with Crippen LogP contribution in [0, 0.1) is 5.92 Å². The Morgan fingerprint density at radius 1 is 1.38 bits per heavy atom. The van der Waals surface area contributed by atoms with Gasteiger partial charge in [-0.3, -0.25) is 9.59 Å². The third-order valence-electron chi connectivity index (χ3n) is 2.06. The molecule has 0 aromatic carbocycles. The molecule has 1 N–H and O–H groups in total. The van der Waals surface area contributed by atoms with Crippen LogP contribution in [-0.4, -0.2) is 46.5 Å². The van der Waals surface area contributed by atoms with Crippen molar-refractivity contribution in [3.05, 3.63) is 0 Å². The first-order valence-electron chi connectivity index (χ1n) is 4.22. The van der Waals surface area contributed by atoms with E-state index in [9.17, 15) is 9.59 Å². The predicted molar refractivity (Wildman–Crippen MR) is 50.7 cm³/mol. The van der Waals surface area contributed by atoms with Gasteiger partial charge in [-0.1, -0.05) is 0 Å². The molecule has 1 saturated heterocycles. The molecule has 1 rings (SSSR count). The van der Waals surface area contributed by atoms with Crippen LogP contribution in [0.1, 0.15) is 6.92 Å². The lowest BCUT2D eigenvalue weighted by Gasteiger charge is -2.27. The molecule has 0 saturated carbocycles. The van der Waals surface area contributed by atoms with E-state index in [1.54, 1.807) is 16.7 Å². The van der Waals surface area contributed by atoms with Crippen LogP contribution in [0.3, 0.4) is 0 Å². The molecule has 0 spiro atoms. The van der Waals surface area contributed by atoms with E-state index in [2.05, 4.69) is 0 Å². The lowest BCUT2D eigenvalue weighted by atomic mass is 10.1. The lowest BCUT2D eigenvalue weighted by Crippen LogP contribution is -2.42. The van der Waals surface area contributed by atoms with Gasteiger partial charge in [-0.25, -0.2) is 0 Å². The quantitative estimate of drug-likeness (QED) is 0.655. The maximum Gasteiger partial charge on any atom is 0.315 e. The third-order valence-corrected chi connectivity index (χ3v) is 3.01. The minimum absolute atomic E-state index is 0.257. The molecule has 1 fully saturated rings. The van der Waals surface area contributed by atoms with E-state index in [1.807, 2.05) is 0 Å². The predicted octanol–water partition coefficient (Wildman–Crippen LogP) is 0.282. The van der Waals surface area contributed by atoms with Crippen LogP contribution in [0.25, 0.3) is 0 Å². The molecule has 0 radical (unpaired) electrons. The van der Waals surface area contributed by atoms with Gasteiger partial charge in [-0.05, 0) is 6.92 Å². The highest BCUT2D eigenvalue weighted by molar-refractivity contribution is 7.99. The fourth-order valence-corrected chi connectivity index (χ4v) is 2.07. The Hall–Kier alpha value is -0.710. The maximum atomic E-state index is 11.5. The minimum atomic E-state index is -1.04. The highest BCUT2D eigenvalue weighted by atomic mass is 32.2. The minimum Gasteiger partial charge on any atom is -0.481 e. The monoisotopic (exact) mass is 203 g/mol. The van der Waals surface area contributed by atoms with Gasteiger partial charge in [0.05, 0.1) is 0 Å². The molecule has 1 unspecified atom stereocenters. The summed E-state index contributed by atoms with van der Waals surface area (Å²) in [6.45, 7) is 2.80. The lowest BCUT2D eigenvalue weighted by molar-refractivity contribution is -0.150. The standard InChI is InChI=1S/C8H13NO3S/c1-6(8(11)12)7(10)9-2-4-13-5-3-9/h6H,2-5H2,1H3,(H,11,12). The Labute approximate surface area is 81.3 Å². The van der Waals surface area contributed by atoms with Crippen molar-refractivity contribution in [1.29, 1.82) is 0 Å². The average molecular weight is 203 g/mol. The molecule has 4 nitrogen and oxygen atoms in total. The average Bonchev–Trinajstić information content (AvgIpc) is 2.17. The van der Waals surface area contributed by atoms with Crippen molar-refractivity contribution in [2.24, 2.45) is 5.92 Å². The molecule has 13 heavy (non-hydrogen) atoms. The smallest absolute Gasteiger partial charge is 0.315 e. The number of amides is 1. The van der Waals surface area contributed by atoms with Gasteiger partial charge in [-0.15, -0.1) is 0 Å². The molecule has 1 aliphatic heterocycles. The number of hydrogen-bond acceptors (Lipinski definition) is 3. The molecule has 1 aliphatic rings. The molecular weight excluding hydrogens is 190 g/mol. The highest BCUT2D eigenvalue weighted by Gasteiger charge is 2.26. The maximum absolute atomic E-state index is 11.5. The Morgan fingerprint density at radius 2 is 1.92 bits per heavy atom. The molecular formula is C8H13NO3S. The second-order valence-electron chi connectivity index (χ2n) is 3.00. The number of carboxylic acids is 1. The fourth-order valence-electron chi connectivity index (χ4n) is 1.16. The van der Waals surface area contributed by atoms with E-state index >= 15 is 0 Å². The van der Waals surface area contributed by atoms with Crippen LogP contribution >= 0.6 is 11.8 Å². The number of carbonyl (C=O) groups excluding carboxylic acids is 1. The van der Waals surface area contributed by atoms with Crippen molar-refractivity contribution < 1.29 is 14.7 Å². The first kappa shape index (κ1) is 10.4. The number of carboxylic acid groups (broad SMARTS) is 1. The van der Waals surface area contributed by atoms with E-state index in [-0.39, 0.29) is 5.91 Å². The molecule has 1 amide bonds. The van der Waals surface area contributed by atoms with Crippen LogP contribution in [-0.2, 0) is 9.59 Å². The summed E-state index contributed by atoms with van der Waals surface area (Å²) in [7, 11) is 0. The van der Waals surface area contributed by atoms with Gasteiger partial charge in [-0.2, -0.15) is 11.8 Å². The van der Waals surface area contributed by atoms with E-state index in [0.717, 1.165) is 11.5 Å². The topological polar surface area (TPSA) is 57.6 Å². The summed E-state index contributed by atoms with van der Waals surface area (Å²) in [5.41, 5.74) is 0. The van der Waals surface area contributed by atoms with Crippen LogP contribution in [0.2, 0.25) is 0 Å². The molecule has 0 aromatic rings. The highest BCUT2D eigenvalue weighted by Crippen LogP contribution is 2.12. The van der Waals surface area contributed by atoms with E-state index in [0.29, 0.717) is 13.1 Å².